The highest BCUT2D eigenvalue weighted by Gasteiger charge is 2.15. The van der Waals surface area contributed by atoms with Crippen molar-refractivity contribution in [3.8, 4) is 0 Å². The maximum Gasteiger partial charge on any atom is 0.251 e. The zero-order valence-electron chi connectivity index (χ0n) is 17.4. The second-order valence-corrected chi connectivity index (χ2v) is 7.29. The summed E-state index contributed by atoms with van der Waals surface area (Å²) in [5.74, 6) is -0.969. The van der Waals surface area contributed by atoms with Gasteiger partial charge in [-0.15, -0.1) is 0 Å². The average molecular weight is 403 g/mol. The Balaban J connectivity index is 1.52. The Morgan fingerprint density at radius 3 is 2.40 bits per heavy atom. The van der Waals surface area contributed by atoms with E-state index in [1.165, 1.54) is 11.9 Å². The molecule has 3 amide bonds. The molecular weight excluding hydrogens is 378 g/mol. The number of amides is 3. The van der Waals surface area contributed by atoms with Crippen LogP contribution in [0.3, 0.4) is 0 Å². The molecule has 6 heteroatoms. The minimum atomic E-state index is -0.347. The molecule has 30 heavy (non-hydrogen) atoms. The highest BCUT2D eigenvalue weighted by molar-refractivity contribution is 6.00. The molecule has 0 saturated heterocycles. The first-order valence-electron chi connectivity index (χ1n) is 9.72. The molecule has 3 aromatic carbocycles. The predicted octanol–water partition coefficient (Wildman–Crippen LogP) is 3.28. The van der Waals surface area contributed by atoms with E-state index in [1.54, 1.807) is 12.1 Å². The van der Waals surface area contributed by atoms with E-state index in [1.807, 2.05) is 62.4 Å². The Kier molecular flexibility index (Phi) is 6.47. The molecule has 2 N–H and O–H groups in total. The molecule has 0 aromatic heterocycles. The smallest absolute Gasteiger partial charge is 0.251 e. The van der Waals surface area contributed by atoms with Crippen molar-refractivity contribution in [3.63, 3.8) is 0 Å². The lowest BCUT2D eigenvalue weighted by Crippen LogP contribution is -2.41. The van der Waals surface area contributed by atoms with Crippen molar-refractivity contribution in [3.05, 3.63) is 77.4 Å². The number of fused-ring (bicyclic) bond motifs is 1. The highest BCUT2D eigenvalue weighted by atomic mass is 16.2. The Hall–Kier alpha value is -3.67. The third kappa shape index (κ3) is 5.03. The molecule has 154 valence electrons. The summed E-state index contributed by atoms with van der Waals surface area (Å²) in [6, 6.07) is 18.8. The third-order valence-electron chi connectivity index (χ3n) is 5.10. The number of hydrogen-bond donors (Lipinski definition) is 2. The first kappa shape index (κ1) is 21.0. The van der Waals surface area contributed by atoms with E-state index in [4.69, 9.17) is 0 Å². The lowest BCUT2D eigenvalue weighted by molar-refractivity contribution is -0.132. The number of rotatable bonds is 6. The van der Waals surface area contributed by atoms with E-state index in [-0.39, 0.29) is 30.8 Å². The van der Waals surface area contributed by atoms with Crippen LogP contribution in [0.15, 0.2) is 60.7 Å². The number of hydrogen-bond acceptors (Lipinski definition) is 3. The lowest BCUT2D eigenvalue weighted by atomic mass is 10.1. The maximum atomic E-state index is 12.4. The van der Waals surface area contributed by atoms with Crippen LogP contribution in [0.2, 0.25) is 0 Å². The molecule has 6 nitrogen and oxygen atoms in total. The molecule has 0 unspecified atom stereocenters. The van der Waals surface area contributed by atoms with E-state index in [2.05, 4.69) is 10.6 Å². The van der Waals surface area contributed by atoms with Crippen molar-refractivity contribution >= 4 is 34.2 Å². The van der Waals surface area contributed by atoms with Gasteiger partial charge in [-0.05, 0) is 53.9 Å². The topological polar surface area (TPSA) is 78.5 Å². The standard InChI is InChI=1S/C24H25N3O3/c1-16-7-6-10-21(17(16)2)26-22(28)15-27(3)23(29)14-25-24(30)20-12-11-18-8-4-5-9-19(18)13-20/h4-13H,14-15H2,1-3H3,(H,25,30)(H,26,28). The number of likely N-dealkylation sites (N-methyl/N-ethyl adjacent to an activating group) is 1. The first-order valence-corrected chi connectivity index (χ1v) is 9.72. The molecule has 3 rings (SSSR count). The van der Waals surface area contributed by atoms with Crippen molar-refractivity contribution in [2.75, 3.05) is 25.5 Å². The number of carbonyl (C=O) groups excluding carboxylic acids is 3. The van der Waals surface area contributed by atoms with Gasteiger partial charge in [0.05, 0.1) is 13.1 Å². The van der Waals surface area contributed by atoms with E-state index >= 15 is 0 Å². The van der Waals surface area contributed by atoms with Crippen LogP contribution in [0.5, 0.6) is 0 Å². The minimum Gasteiger partial charge on any atom is -0.343 e. The quantitative estimate of drug-likeness (QED) is 0.663. The Morgan fingerprint density at radius 2 is 1.63 bits per heavy atom. The summed E-state index contributed by atoms with van der Waals surface area (Å²) in [4.78, 5) is 38.3. The molecule has 0 spiro atoms. The van der Waals surface area contributed by atoms with Crippen molar-refractivity contribution < 1.29 is 14.4 Å². The van der Waals surface area contributed by atoms with Gasteiger partial charge in [0.2, 0.25) is 11.8 Å². The van der Waals surface area contributed by atoms with E-state index in [0.29, 0.717) is 5.56 Å². The van der Waals surface area contributed by atoms with Crippen LogP contribution >= 0.6 is 0 Å². The average Bonchev–Trinajstić information content (AvgIpc) is 2.74. The summed E-state index contributed by atoms with van der Waals surface area (Å²) in [6.45, 7) is 3.62. The largest absolute Gasteiger partial charge is 0.343 e. The summed E-state index contributed by atoms with van der Waals surface area (Å²) >= 11 is 0. The molecule has 0 aliphatic carbocycles. The Morgan fingerprint density at radius 1 is 0.900 bits per heavy atom. The van der Waals surface area contributed by atoms with Crippen LogP contribution in [0.25, 0.3) is 10.8 Å². The molecule has 0 aliphatic heterocycles. The van der Waals surface area contributed by atoms with Crippen LogP contribution in [-0.4, -0.2) is 42.8 Å². The number of anilines is 1. The van der Waals surface area contributed by atoms with Crippen molar-refractivity contribution in [2.45, 2.75) is 13.8 Å². The number of carbonyl (C=O) groups is 3. The molecular formula is C24H25N3O3. The summed E-state index contributed by atoms with van der Waals surface area (Å²) in [6.07, 6.45) is 0. The van der Waals surface area contributed by atoms with Crippen LogP contribution in [0.1, 0.15) is 21.5 Å². The molecule has 3 aromatic rings. The SMILES string of the molecule is Cc1cccc(NC(=O)CN(C)C(=O)CNC(=O)c2ccc3ccccc3c2)c1C. The summed E-state index contributed by atoms with van der Waals surface area (Å²) in [5.41, 5.74) is 3.28. The Labute approximate surface area is 175 Å². The zero-order chi connectivity index (χ0) is 21.7. The second kappa shape index (κ2) is 9.22. The first-order chi connectivity index (χ1) is 14.3. The normalized spacial score (nSPS) is 10.5. The van der Waals surface area contributed by atoms with Gasteiger partial charge in [-0.2, -0.15) is 0 Å². The van der Waals surface area contributed by atoms with Crippen LogP contribution in [0.4, 0.5) is 5.69 Å². The van der Waals surface area contributed by atoms with Gasteiger partial charge in [-0.1, -0.05) is 42.5 Å². The van der Waals surface area contributed by atoms with Gasteiger partial charge in [-0.3, -0.25) is 14.4 Å². The van der Waals surface area contributed by atoms with Gasteiger partial charge < -0.3 is 15.5 Å². The fraction of sp³-hybridized carbons (Fsp3) is 0.208. The summed E-state index contributed by atoms with van der Waals surface area (Å²) in [5, 5.41) is 7.44. The van der Waals surface area contributed by atoms with Crippen LogP contribution in [-0.2, 0) is 9.59 Å². The molecule has 0 aliphatic rings. The molecule has 0 bridgehead atoms. The number of aryl methyl sites for hydroxylation is 1. The lowest BCUT2D eigenvalue weighted by Gasteiger charge is -2.18. The molecule has 0 saturated carbocycles. The summed E-state index contributed by atoms with van der Waals surface area (Å²) < 4.78 is 0. The third-order valence-corrected chi connectivity index (χ3v) is 5.10. The minimum absolute atomic E-state index is 0.0991. The van der Waals surface area contributed by atoms with Gasteiger partial charge in [-0.25, -0.2) is 0 Å². The molecule has 0 fully saturated rings. The number of nitrogens with zero attached hydrogens (tertiary/aromatic N) is 1. The monoisotopic (exact) mass is 403 g/mol. The molecule has 0 heterocycles. The van der Waals surface area contributed by atoms with Gasteiger partial charge >= 0.3 is 0 Å². The van der Waals surface area contributed by atoms with E-state index in [9.17, 15) is 14.4 Å². The second-order valence-electron chi connectivity index (χ2n) is 7.29. The fourth-order valence-corrected chi connectivity index (χ4v) is 3.10. The van der Waals surface area contributed by atoms with E-state index < -0.39 is 0 Å². The van der Waals surface area contributed by atoms with Crippen LogP contribution < -0.4 is 10.6 Å². The van der Waals surface area contributed by atoms with Gasteiger partial charge in [0.25, 0.3) is 5.91 Å². The summed E-state index contributed by atoms with van der Waals surface area (Å²) in [7, 11) is 1.53. The van der Waals surface area contributed by atoms with Gasteiger partial charge in [0, 0.05) is 18.3 Å². The van der Waals surface area contributed by atoms with Crippen molar-refractivity contribution in [1.82, 2.24) is 10.2 Å². The fourth-order valence-electron chi connectivity index (χ4n) is 3.10. The van der Waals surface area contributed by atoms with E-state index in [0.717, 1.165) is 27.6 Å². The Bertz CT molecular complexity index is 1110. The highest BCUT2D eigenvalue weighted by Crippen LogP contribution is 2.18. The van der Waals surface area contributed by atoms with Gasteiger partial charge in [0.15, 0.2) is 0 Å². The number of nitrogens with one attached hydrogen (secondary N) is 2. The predicted molar refractivity (Wildman–Crippen MR) is 118 cm³/mol. The van der Waals surface area contributed by atoms with Gasteiger partial charge in [0.1, 0.15) is 0 Å². The van der Waals surface area contributed by atoms with Crippen molar-refractivity contribution in [2.24, 2.45) is 0 Å². The maximum absolute atomic E-state index is 12.4. The molecule has 0 radical (unpaired) electrons. The number of benzene rings is 3. The van der Waals surface area contributed by atoms with Crippen molar-refractivity contribution in [1.29, 1.82) is 0 Å². The van der Waals surface area contributed by atoms with Crippen LogP contribution in [0, 0.1) is 13.8 Å². The zero-order valence-corrected chi connectivity index (χ0v) is 17.4. The molecule has 0 atom stereocenters.